The van der Waals surface area contributed by atoms with Gasteiger partial charge < -0.3 is 10.4 Å². The van der Waals surface area contributed by atoms with E-state index in [1.165, 1.54) is 10.8 Å². The molecule has 1 saturated heterocycles. The number of nitrogens with zero attached hydrogens (tertiary/aromatic N) is 1. The van der Waals surface area contributed by atoms with E-state index in [2.05, 4.69) is 15.7 Å². The largest absolute Gasteiger partial charge is 0.369 e. The first-order chi connectivity index (χ1) is 11.4. The average Bonchev–Trinajstić information content (AvgIpc) is 2.79. The second-order valence-corrected chi connectivity index (χ2v) is 6.04. The van der Waals surface area contributed by atoms with Gasteiger partial charge in [0.1, 0.15) is 0 Å². The Balaban J connectivity index is 2.05. The molecular weight excluding hydrogens is 352 g/mol. The summed E-state index contributed by atoms with van der Waals surface area (Å²) >= 11 is 10.6. The molecule has 2 aromatic rings. The molecule has 1 fully saturated rings. The molecule has 1 aromatic heterocycles. The van der Waals surface area contributed by atoms with Gasteiger partial charge in [-0.15, -0.1) is 0 Å². The van der Waals surface area contributed by atoms with E-state index in [4.69, 9.17) is 23.8 Å². The van der Waals surface area contributed by atoms with Crippen LogP contribution < -0.4 is 16.2 Å². The Morgan fingerprint density at radius 3 is 2.58 bits per heavy atom. The first kappa shape index (κ1) is 16.4. The van der Waals surface area contributed by atoms with Gasteiger partial charge in [0.2, 0.25) is 0 Å². The van der Waals surface area contributed by atoms with Crippen LogP contribution in [0.1, 0.15) is 11.3 Å². The van der Waals surface area contributed by atoms with Crippen LogP contribution in [0.2, 0.25) is 5.02 Å². The molecule has 124 valence electrons. The van der Waals surface area contributed by atoms with Crippen LogP contribution in [-0.4, -0.2) is 32.1 Å². The highest BCUT2D eigenvalue weighted by atomic mass is 35.5. The number of aliphatic hydroxyl groups is 1. The van der Waals surface area contributed by atoms with E-state index in [9.17, 15) is 14.7 Å². The fourth-order valence-corrected chi connectivity index (χ4v) is 2.67. The standard InChI is InChI=1S/C15H13ClN4O3S/c1-7-10(6-11-12(21)17-15(24)18-13(11)22)14(23)20(19-7)9-4-2-8(16)3-5-9/h2-6,12,19,21H,1H3,(H2,17,18,22,24)/b11-6-. The molecule has 2 heterocycles. The summed E-state index contributed by atoms with van der Waals surface area (Å²) in [4.78, 5) is 24.6. The lowest BCUT2D eigenvalue weighted by Crippen LogP contribution is -2.53. The maximum Gasteiger partial charge on any atom is 0.278 e. The minimum absolute atomic E-state index is 0.00561. The molecule has 7 nitrogen and oxygen atoms in total. The van der Waals surface area contributed by atoms with Crippen molar-refractivity contribution in [2.45, 2.75) is 13.2 Å². The number of rotatable bonds is 2. The molecule has 1 aliphatic heterocycles. The third-order valence-corrected chi connectivity index (χ3v) is 4.03. The van der Waals surface area contributed by atoms with Crippen LogP contribution >= 0.6 is 23.8 Å². The van der Waals surface area contributed by atoms with Crippen LogP contribution in [0.3, 0.4) is 0 Å². The van der Waals surface area contributed by atoms with Crippen molar-refractivity contribution in [1.29, 1.82) is 0 Å². The molecule has 1 aliphatic rings. The number of amides is 1. The van der Waals surface area contributed by atoms with Crippen LogP contribution in [0.4, 0.5) is 0 Å². The zero-order valence-electron chi connectivity index (χ0n) is 12.5. The average molecular weight is 365 g/mol. The van der Waals surface area contributed by atoms with E-state index in [0.717, 1.165) is 0 Å². The number of benzene rings is 1. The summed E-state index contributed by atoms with van der Waals surface area (Å²) in [6.07, 6.45) is 0.0685. The lowest BCUT2D eigenvalue weighted by molar-refractivity contribution is -0.117. The number of nitrogens with one attached hydrogen (secondary N) is 3. The van der Waals surface area contributed by atoms with Crippen LogP contribution in [0.5, 0.6) is 0 Å². The monoisotopic (exact) mass is 364 g/mol. The Morgan fingerprint density at radius 1 is 1.29 bits per heavy atom. The normalized spacial score (nSPS) is 19.3. The molecule has 3 rings (SSSR count). The van der Waals surface area contributed by atoms with Gasteiger partial charge in [0.15, 0.2) is 11.3 Å². The first-order valence-corrected chi connectivity index (χ1v) is 7.74. The molecule has 1 amide bonds. The number of H-pyrrole nitrogens is 1. The number of aromatic amines is 1. The quantitative estimate of drug-likeness (QED) is 0.467. The second kappa shape index (κ2) is 6.23. The number of hydrogen-bond donors (Lipinski definition) is 4. The highest BCUT2D eigenvalue weighted by Gasteiger charge is 2.27. The van der Waals surface area contributed by atoms with Crippen molar-refractivity contribution in [3.8, 4) is 5.69 Å². The zero-order valence-corrected chi connectivity index (χ0v) is 14.0. The number of aryl methyl sites for hydroxylation is 1. The van der Waals surface area contributed by atoms with Gasteiger partial charge in [-0.25, -0.2) is 4.68 Å². The molecule has 24 heavy (non-hydrogen) atoms. The van der Waals surface area contributed by atoms with Crippen molar-refractivity contribution < 1.29 is 9.90 Å². The summed E-state index contributed by atoms with van der Waals surface area (Å²) in [6, 6.07) is 6.72. The molecule has 1 aromatic carbocycles. The summed E-state index contributed by atoms with van der Waals surface area (Å²) in [5, 5.41) is 18.4. The Morgan fingerprint density at radius 2 is 1.96 bits per heavy atom. The fourth-order valence-electron chi connectivity index (χ4n) is 2.34. The number of aromatic nitrogens is 2. The van der Waals surface area contributed by atoms with E-state index in [1.54, 1.807) is 31.2 Å². The van der Waals surface area contributed by atoms with E-state index < -0.39 is 12.1 Å². The SMILES string of the molecule is Cc1[nH]n(-c2ccc(Cl)cc2)c(=O)c1/C=C1\C(=O)NC(=S)NC1O. The van der Waals surface area contributed by atoms with Crippen LogP contribution in [-0.2, 0) is 4.79 Å². The van der Waals surface area contributed by atoms with E-state index in [-0.39, 0.29) is 21.8 Å². The predicted octanol–water partition coefficient (Wildman–Crippen LogP) is 0.834. The molecule has 9 heteroatoms. The number of carbonyl (C=O) groups is 1. The van der Waals surface area contributed by atoms with Gasteiger partial charge in [0.05, 0.1) is 16.8 Å². The van der Waals surface area contributed by atoms with Gasteiger partial charge in [-0.1, -0.05) is 11.6 Å². The Labute approximate surface area is 146 Å². The van der Waals surface area contributed by atoms with Crippen molar-refractivity contribution in [2.75, 3.05) is 0 Å². The van der Waals surface area contributed by atoms with Crippen LogP contribution in [0, 0.1) is 6.92 Å². The first-order valence-electron chi connectivity index (χ1n) is 6.96. The van der Waals surface area contributed by atoms with Crippen molar-refractivity contribution in [1.82, 2.24) is 20.4 Å². The molecule has 0 radical (unpaired) electrons. The summed E-state index contributed by atoms with van der Waals surface area (Å²) in [5.74, 6) is -0.552. The minimum atomic E-state index is -1.27. The van der Waals surface area contributed by atoms with Crippen LogP contribution in [0.15, 0.2) is 34.6 Å². The number of aliphatic hydroxyl groups excluding tert-OH is 1. The van der Waals surface area contributed by atoms with E-state index in [1.807, 2.05) is 0 Å². The molecular formula is C15H13ClN4O3S. The summed E-state index contributed by atoms with van der Waals surface area (Å²) in [6.45, 7) is 1.70. The third-order valence-electron chi connectivity index (χ3n) is 3.55. The maximum atomic E-state index is 12.6. The zero-order chi connectivity index (χ0) is 17.4. The van der Waals surface area contributed by atoms with Gasteiger partial charge in [0, 0.05) is 10.7 Å². The molecule has 1 unspecified atom stereocenters. The highest BCUT2D eigenvalue weighted by molar-refractivity contribution is 7.80. The van der Waals surface area contributed by atoms with Crippen molar-refractivity contribution >= 4 is 40.9 Å². The van der Waals surface area contributed by atoms with Crippen molar-refractivity contribution in [2.24, 2.45) is 0 Å². The Hall–Kier alpha value is -2.42. The van der Waals surface area contributed by atoms with Gasteiger partial charge in [-0.3, -0.25) is 20.0 Å². The smallest absolute Gasteiger partial charge is 0.278 e. The maximum absolute atomic E-state index is 12.6. The highest BCUT2D eigenvalue weighted by Crippen LogP contribution is 2.15. The fraction of sp³-hybridized carbons (Fsp3) is 0.133. The predicted molar refractivity (Wildman–Crippen MR) is 94.0 cm³/mol. The van der Waals surface area contributed by atoms with Crippen molar-refractivity contribution in [3.05, 3.63) is 56.5 Å². The summed E-state index contributed by atoms with van der Waals surface area (Å²) in [5.41, 5.74) is 1.07. The molecule has 1 atom stereocenters. The summed E-state index contributed by atoms with van der Waals surface area (Å²) in [7, 11) is 0. The van der Waals surface area contributed by atoms with Crippen molar-refractivity contribution in [3.63, 3.8) is 0 Å². The molecule has 0 bridgehead atoms. The van der Waals surface area contributed by atoms with E-state index in [0.29, 0.717) is 16.4 Å². The number of thiocarbonyl (C=S) groups is 1. The van der Waals surface area contributed by atoms with Gasteiger partial charge >= 0.3 is 0 Å². The molecule has 4 N–H and O–H groups in total. The summed E-state index contributed by atoms with van der Waals surface area (Å²) < 4.78 is 1.34. The molecule has 0 saturated carbocycles. The van der Waals surface area contributed by atoms with Gasteiger partial charge in [0.25, 0.3) is 11.5 Å². The molecule has 0 aliphatic carbocycles. The lowest BCUT2D eigenvalue weighted by Gasteiger charge is -2.23. The lowest BCUT2D eigenvalue weighted by atomic mass is 10.1. The number of carbonyl (C=O) groups excluding carboxylic acids is 1. The molecule has 0 spiro atoms. The van der Waals surface area contributed by atoms with Gasteiger partial charge in [-0.05, 0) is 49.5 Å². The second-order valence-electron chi connectivity index (χ2n) is 5.20. The van der Waals surface area contributed by atoms with Gasteiger partial charge in [-0.2, -0.15) is 0 Å². The number of halogens is 1. The Bertz CT molecular complexity index is 914. The third kappa shape index (κ3) is 2.99. The minimum Gasteiger partial charge on any atom is -0.369 e. The Kier molecular flexibility index (Phi) is 4.27. The number of hydrogen-bond acceptors (Lipinski definition) is 4. The topological polar surface area (TPSA) is 99.2 Å². The van der Waals surface area contributed by atoms with E-state index >= 15 is 0 Å². The van der Waals surface area contributed by atoms with Crippen LogP contribution in [0.25, 0.3) is 11.8 Å².